The number of carboxylic acid groups (broad SMARTS) is 1. The molecule has 2 heterocycles. The third-order valence-corrected chi connectivity index (χ3v) is 12.0. The van der Waals surface area contributed by atoms with Gasteiger partial charge in [-0.3, -0.25) is 4.79 Å². The third-order valence-electron chi connectivity index (χ3n) is 12.0. The minimum atomic E-state index is -1.18. The van der Waals surface area contributed by atoms with Crippen molar-refractivity contribution < 1.29 is 28.9 Å². The molecule has 4 aliphatic carbocycles. The molecule has 6 nitrogen and oxygen atoms in total. The quantitative estimate of drug-likeness (QED) is 0.387. The molecule has 6 rings (SSSR count). The Morgan fingerprint density at radius 1 is 1.25 bits per heavy atom. The minimum Gasteiger partial charge on any atom is -0.481 e. The molecule has 2 saturated heterocycles. The van der Waals surface area contributed by atoms with Gasteiger partial charge in [-0.2, -0.15) is 0 Å². The first kappa shape index (κ1) is 25.1. The summed E-state index contributed by atoms with van der Waals surface area (Å²) in [4.78, 5) is 26.8. The van der Waals surface area contributed by atoms with E-state index in [4.69, 9.17) is 14.2 Å². The van der Waals surface area contributed by atoms with Gasteiger partial charge in [0, 0.05) is 11.8 Å². The smallest absolute Gasteiger partial charge is 0.315 e. The SMILES string of the molecule is CC[C@H]1CO[C@H]2[C@@H]1C[C@H](OC[C@@]13C[C@@H]4[C@H](C)CC[C@H]4[C@@]4(C=O)C[C@@H]1C=C(C(C)C)[C@@]34C(=O)O)O[C@@H]2C. The number of allylic oxidation sites excluding steroid dienone is 1. The lowest BCUT2D eigenvalue weighted by Crippen LogP contribution is -2.63. The molecule has 6 aliphatic rings. The number of aldehydes is 1. The van der Waals surface area contributed by atoms with Crippen molar-refractivity contribution in [3.05, 3.63) is 11.6 Å². The summed E-state index contributed by atoms with van der Waals surface area (Å²) in [5.74, 6) is 1.28. The number of hydrogen-bond donors (Lipinski definition) is 1. The van der Waals surface area contributed by atoms with Crippen molar-refractivity contribution in [1.29, 1.82) is 0 Å². The summed E-state index contributed by atoms with van der Waals surface area (Å²) >= 11 is 0. The molecule has 36 heavy (non-hydrogen) atoms. The second-order valence-electron chi connectivity index (χ2n) is 13.4. The maximum absolute atomic E-state index is 13.6. The Morgan fingerprint density at radius 2 is 2.03 bits per heavy atom. The Morgan fingerprint density at radius 3 is 2.69 bits per heavy atom. The Labute approximate surface area is 215 Å². The molecule has 0 radical (unpaired) electrons. The molecule has 0 unspecified atom stereocenters. The summed E-state index contributed by atoms with van der Waals surface area (Å²) in [5.41, 5.74) is -1.66. The van der Waals surface area contributed by atoms with E-state index in [1.54, 1.807) is 0 Å². The van der Waals surface area contributed by atoms with Gasteiger partial charge in [0.05, 0.1) is 30.8 Å². The van der Waals surface area contributed by atoms with Crippen LogP contribution in [0.4, 0.5) is 0 Å². The third kappa shape index (κ3) is 2.85. The molecule has 4 bridgehead atoms. The highest BCUT2D eigenvalue weighted by molar-refractivity contribution is 5.90. The first-order chi connectivity index (χ1) is 17.2. The predicted octanol–water partition coefficient (Wildman–Crippen LogP) is 5.10. The van der Waals surface area contributed by atoms with Crippen LogP contribution in [0.3, 0.4) is 0 Å². The van der Waals surface area contributed by atoms with Gasteiger partial charge < -0.3 is 24.1 Å². The Hall–Kier alpha value is -1.24. The van der Waals surface area contributed by atoms with Crippen molar-refractivity contribution in [3.63, 3.8) is 0 Å². The van der Waals surface area contributed by atoms with E-state index in [0.29, 0.717) is 36.7 Å². The van der Waals surface area contributed by atoms with Gasteiger partial charge in [0.25, 0.3) is 0 Å². The molecule has 0 aromatic heterocycles. The fourth-order valence-corrected chi connectivity index (χ4v) is 10.6. The molecule has 12 atom stereocenters. The largest absolute Gasteiger partial charge is 0.481 e. The highest BCUT2D eigenvalue weighted by atomic mass is 16.7. The van der Waals surface area contributed by atoms with Crippen LogP contribution in [-0.4, -0.2) is 49.1 Å². The number of carbonyl (C=O) groups excluding carboxylic acids is 1. The molecule has 2 aliphatic heterocycles. The van der Waals surface area contributed by atoms with Crippen LogP contribution in [0.15, 0.2) is 11.6 Å². The highest BCUT2D eigenvalue weighted by Gasteiger charge is 2.84. The number of hydrogen-bond acceptors (Lipinski definition) is 5. The van der Waals surface area contributed by atoms with Crippen LogP contribution in [0.5, 0.6) is 0 Å². The number of ether oxygens (including phenoxy) is 3. The van der Waals surface area contributed by atoms with Crippen molar-refractivity contribution in [2.24, 2.45) is 57.7 Å². The topological polar surface area (TPSA) is 82.1 Å². The van der Waals surface area contributed by atoms with Crippen molar-refractivity contribution >= 4 is 12.3 Å². The monoisotopic (exact) mass is 500 g/mol. The van der Waals surface area contributed by atoms with Crippen LogP contribution in [0.2, 0.25) is 0 Å². The van der Waals surface area contributed by atoms with E-state index in [9.17, 15) is 14.7 Å². The van der Waals surface area contributed by atoms with Gasteiger partial charge in [-0.25, -0.2) is 0 Å². The lowest BCUT2D eigenvalue weighted by Gasteiger charge is -2.58. The van der Waals surface area contributed by atoms with Gasteiger partial charge in [0.1, 0.15) is 11.7 Å². The van der Waals surface area contributed by atoms with Crippen molar-refractivity contribution in [1.82, 2.24) is 0 Å². The van der Waals surface area contributed by atoms with Gasteiger partial charge in [-0.15, -0.1) is 0 Å². The standard InChI is InChI=1S/C30H44O6/c1-6-19-13-34-26-18(5)36-25(10-21(19)26)35-15-29-12-22-17(4)7-8-23(22)28(14-31)11-20(29)9-24(16(2)3)30(28,29)27(32)33/h9,14,16-23,25-26H,6-8,10-13,15H2,1-5H3,(H,32,33)/t17-,18-,19+,20+,21-,22-,23-,25-,26-,28+,29+,30+/m1/s1. The first-order valence-electron chi connectivity index (χ1n) is 14.5. The molecule has 0 aromatic carbocycles. The molecule has 6 heteroatoms. The van der Waals surface area contributed by atoms with Crippen molar-refractivity contribution in [2.75, 3.05) is 13.2 Å². The average Bonchev–Trinajstić information content (AvgIpc) is 3.55. The summed E-state index contributed by atoms with van der Waals surface area (Å²) in [6.45, 7) is 11.9. The van der Waals surface area contributed by atoms with Crippen molar-refractivity contribution in [2.45, 2.75) is 91.6 Å². The molecular weight excluding hydrogens is 456 g/mol. The number of rotatable bonds is 7. The summed E-state index contributed by atoms with van der Waals surface area (Å²) in [5, 5.41) is 11.1. The van der Waals surface area contributed by atoms with Gasteiger partial charge in [0.2, 0.25) is 0 Å². The molecule has 5 fully saturated rings. The second kappa shape index (κ2) is 8.38. The van der Waals surface area contributed by atoms with E-state index >= 15 is 0 Å². The second-order valence-corrected chi connectivity index (χ2v) is 13.4. The molecule has 200 valence electrons. The zero-order valence-corrected chi connectivity index (χ0v) is 22.6. The summed E-state index contributed by atoms with van der Waals surface area (Å²) in [7, 11) is 0. The molecular formula is C30H44O6. The van der Waals surface area contributed by atoms with E-state index < -0.39 is 22.2 Å². The lowest BCUT2D eigenvalue weighted by atomic mass is 9.43. The Balaban J connectivity index is 1.37. The summed E-state index contributed by atoms with van der Waals surface area (Å²) in [6, 6.07) is 0. The van der Waals surface area contributed by atoms with Crippen LogP contribution in [0.25, 0.3) is 0 Å². The summed E-state index contributed by atoms with van der Waals surface area (Å²) in [6.07, 6.45) is 8.44. The van der Waals surface area contributed by atoms with E-state index in [0.717, 1.165) is 50.6 Å². The van der Waals surface area contributed by atoms with Crippen LogP contribution in [-0.2, 0) is 23.8 Å². The van der Waals surface area contributed by atoms with Crippen molar-refractivity contribution in [3.8, 4) is 0 Å². The molecule has 3 saturated carbocycles. The average molecular weight is 501 g/mol. The van der Waals surface area contributed by atoms with E-state index in [1.165, 1.54) is 0 Å². The van der Waals surface area contributed by atoms with Gasteiger partial charge in [-0.05, 0) is 67.6 Å². The van der Waals surface area contributed by atoms with Gasteiger partial charge >= 0.3 is 5.97 Å². The Kier molecular flexibility index (Phi) is 5.83. The van der Waals surface area contributed by atoms with E-state index in [1.807, 2.05) is 0 Å². The van der Waals surface area contributed by atoms with Crippen LogP contribution >= 0.6 is 0 Å². The zero-order chi connectivity index (χ0) is 25.6. The minimum absolute atomic E-state index is 0.0412. The van der Waals surface area contributed by atoms with Crippen LogP contribution in [0, 0.1) is 57.7 Å². The number of aliphatic carboxylic acids is 1. The fourth-order valence-electron chi connectivity index (χ4n) is 10.6. The number of carbonyl (C=O) groups is 2. The fraction of sp³-hybridized carbons (Fsp3) is 0.867. The predicted molar refractivity (Wildman–Crippen MR) is 134 cm³/mol. The lowest BCUT2D eigenvalue weighted by molar-refractivity contribution is -0.251. The first-order valence-corrected chi connectivity index (χ1v) is 14.5. The normalized spacial score (nSPS) is 52.8. The number of fused-ring (bicyclic) bond motifs is 3. The Bertz CT molecular complexity index is 959. The molecule has 0 aromatic rings. The van der Waals surface area contributed by atoms with Gasteiger partial charge in [0.15, 0.2) is 6.29 Å². The van der Waals surface area contributed by atoms with Crippen LogP contribution in [0.1, 0.15) is 73.1 Å². The highest BCUT2D eigenvalue weighted by Crippen LogP contribution is 2.82. The summed E-state index contributed by atoms with van der Waals surface area (Å²) < 4.78 is 19.1. The van der Waals surface area contributed by atoms with Gasteiger partial charge in [-0.1, -0.05) is 52.2 Å². The molecule has 1 N–H and O–H groups in total. The van der Waals surface area contributed by atoms with Crippen LogP contribution < -0.4 is 0 Å². The maximum atomic E-state index is 13.6. The van der Waals surface area contributed by atoms with E-state index in [2.05, 4.69) is 40.7 Å². The number of carboxylic acids is 1. The molecule has 0 amide bonds. The zero-order valence-electron chi connectivity index (χ0n) is 22.6. The molecule has 0 spiro atoms. The van der Waals surface area contributed by atoms with E-state index in [-0.39, 0.29) is 36.3 Å². The maximum Gasteiger partial charge on any atom is 0.315 e.